The van der Waals surface area contributed by atoms with Crippen molar-refractivity contribution in [2.24, 2.45) is 0 Å². The summed E-state index contributed by atoms with van der Waals surface area (Å²) >= 11 is 6.73. The van der Waals surface area contributed by atoms with Crippen molar-refractivity contribution in [1.82, 2.24) is 0 Å². The number of hydrogen-bond acceptors (Lipinski definition) is 1. The van der Waals surface area contributed by atoms with E-state index in [2.05, 4.69) is 31.9 Å². The number of rotatable bonds is 0. The van der Waals surface area contributed by atoms with Crippen molar-refractivity contribution in [2.45, 2.75) is 35.3 Å². The first kappa shape index (κ1) is 8.72. The molecular weight excluding hydrogens is 260 g/mol. The molecule has 10 heavy (non-hydrogen) atoms. The Morgan fingerprint density at radius 2 is 1.50 bits per heavy atom. The fourth-order valence-corrected chi connectivity index (χ4v) is 2.77. The molecule has 1 aliphatic rings. The highest BCUT2D eigenvalue weighted by Crippen LogP contribution is 2.24. The number of alkyl halides is 2. The molecule has 1 nitrogen and oxygen atoms in total. The van der Waals surface area contributed by atoms with Gasteiger partial charge in [-0.3, -0.25) is 4.79 Å². The van der Waals surface area contributed by atoms with E-state index in [0.717, 1.165) is 12.8 Å². The Kier molecular flexibility index (Phi) is 3.37. The van der Waals surface area contributed by atoms with E-state index >= 15 is 0 Å². The Morgan fingerprint density at radius 1 is 1.10 bits per heavy atom. The Bertz CT molecular complexity index is 122. The summed E-state index contributed by atoms with van der Waals surface area (Å²) in [6, 6.07) is 0. The molecule has 0 heterocycles. The van der Waals surface area contributed by atoms with Crippen LogP contribution in [0.3, 0.4) is 0 Å². The van der Waals surface area contributed by atoms with Crippen LogP contribution in [0.5, 0.6) is 0 Å². The lowest BCUT2D eigenvalue weighted by Crippen LogP contribution is -2.21. The zero-order valence-corrected chi connectivity index (χ0v) is 8.82. The lowest BCUT2D eigenvalue weighted by Gasteiger charge is -2.06. The van der Waals surface area contributed by atoms with Crippen LogP contribution in [0.25, 0.3) is 0 Å². The Morgan fingerprint density at radius 3 is 1.90 bits per heavy atom. The molecule has 0 amide bonds. The fraction of sp³-hybridized carbons (Fsp3) is 0.857. The molecule has 0 aromatic rings. The molecule has 0 saturated heterocycles. The Hall–Kier alpha value is 0.630. The van der Waals surface area contributed by atoms with Crippen molar-refractivity contribution < 1.29 is 4.79 Å². The van der Waals surface area contributed by atoms with Gasteiger partial charge in [-0.05, 0) is 12.8 Å². The molecule has 0 unspecified atom stereocenters. The maximum atomic E-state index is 11.3. The van der Waals surface area contributed by atoms with E-state index in [-0.39, 0.29) is 9.65 Å². The smallest absolute Gasteiger partial charge is 0.160 e. The van der Waals surface area contributed by atoms with Crippen molar-refractivity contribution in [1.29, 1.82) is 0 Å². The van der Waals surface area contributed by atoms with Crippen molar-refractivity contribution in [3.05, 3.63) is 0 Å². The molecule has 3 heteroatoms. The highest BCUT2D eigenvalue weighted by atomic mass is 79.9. The van der Waals surface area contributed by atoms with Crippen LogP contribution >= 0.6 is 31.9 Å². The van der Waals surface area contributed by atoms with Gasteiger partial charge in [0.1, 0.15) is 0 Å². The number of ketones is 1. The average molecular weight is 270 g/mol. The molecule has 2 atom stereocenters. The number of carbonyl (C=O) groups excluding carboxylic acids is 1. The molecule has 1 aliphatic carbocycles. The van der Waals surface area contributed by atoms with Crippen molar-refractivity contribution in [3.8, 4) is 0 Å². The highest BCUT2D eigenvalue weighted by Gasteiger charge is 2.24. The minimum Gasteiger partial charge on any atom is -0.297 e. The van der Waals surface area contributed by atoms with E-state index in [1.54, 1.807) is 0 Å². The first-order valence-electron chi connectivity index (χ1n) is 3.53. The first-order valence-corrected chi connectivity index (χ1v) is 5.37. The molecule has 1 fully saturated rings. The summed E-state index contributed by atoms with van der Waals surface area (Å²) in [6.07, 6.45) is 4.34. The highest BCUT2D eigenvalue weighted by molar-refractivity contribution is 9.10. The SMILES string of the molecule is O=C1[C@H](Br)CCCC[C@@H]1Br. The van der Waals surface area contributed by atoms with Gasteiger partial charge in [0.05, 0.1) is 9.65 Å². The van der Waals surface area contributed by atoms with Gasteiger partial charge in [0.25, 0.3) is 0 Å². The molecular formula is C7H10Br2O. The normalized spacial score (nSPS) is 35.6. The van der Waals surface area contributed by atoms with E-state index in [1.165, 1.54) is 12.8 Å². The average Bonchev–Trinajstić information content (AvgIpc) is 2.04. The second kappa shape index (κ2) is 3.86. The summed E-state index contributed by atoms with van der Waals surface area (Å²) in [5, 5.41) is 0. The quantitative estimate of drug-likeness (QED) is 0.488. The summed E-state index contributed by atoms with van der Waals surface area (Å²) < 4.78 is 0. The van der Waals surface area contributed by atoms with Crippen LogP contribution in [0, 0.1) is 0 Å². The second-order valence-corrected chi connectivity index (χ2v) is 4.83. The molecule has 0 bridgehead atoms. The van der Waals surface area contributed by atoms with Gasteiger partial charge in [-0.25, -0.2) is 0 Å². The topological polar surface area (TPSA) is 17.1 Å². The van der Waals surface area contributed by atoms with Gasteiger partial charge in [0.2, 0.25) is 0 Å². The second-order valence-electron chi connectivity index (χ2n) is 2.62. The molecule has 0 aromatic carbocycles. The Balaban J connectivity index is 2.55. The lowest BCUT2D eigenvalue weighted by atomic mass is 10.2. The fourth-order valence-electron chi connectivity index (χ4n) is 1.13. The monoisotopic (exact) mass is 268 g/mol. The molecule has 0 N–H and O–H groups in total. The number of hydrogen-bond donors (Lipinski definition) is 0. The zero-order valence-electron chi connectivity index (χ0n) is 5.65. The van der Waals surface area contributed by atoms with Crippen LogP contribution < -0.4 is 0 Å². The third-order valence-corrected chi connectivity index (χ3v) is 3.60. The molecule has 0 radical (unpaired) electrons. The third-order valence-electron chi connectivity index (χ3n) is 1.78. The zero-order chi connectivity index (χ0) is 7.56. The maximum absolute atomic E-state index is 11.3. The minimum atomic E-state index is 0.0966. The number of Topliss-reactive ketones (excluding diaryl/α,β-unsaturated/α-hetero) is 1. The van der Waals surface area contributed by atoms with Crippen molar-refractivity contribution in [3.63, 3.8) is 0 Å². The summed E-state index contributed by atoms with van der Waals surface area (Å²) in [5.74, 6) is 0.317. The minimum absolute atomic E-state index is 0.0966. The summed E-state index contributed by atoms with van der Waals surface area (Å²) in [5.41, 5.74) is 0. The van der Waals surface area contributed by atoms with Gasteiger partial charge in [-0.1, -0.05) is 44.7 Å². The molecule has 1 saturated carbocycles. The van der Waals surface area contributed by atoms with E-state index < -0.39 is 0 Å². The van der Waals surface area contributed by atoms with E-state index in [9.17, 15) is 4.79 Å². The Labute approximate surface area is 77.8 Å². The molecule has 58 valence electrons. The predicted octanol–water partition coefficient (Wildman–Crippen LogP) is 2.66. The maximum Gasteiger partial charge on any atom is 0.160 e. The largest absolute Gasteiger partial charge is 0.297 e. The van der Waals surface area contributed by atoms with E-state index in [4.69, 9.17) is 0 Å². The molecule has 0 aromatic heterocycles. The third kappa shape index (κ3) is 2.06. The van der Waals surface area contributed by atoms with Gasteiger partial charge in [0.15, 0.2) is 5.78 Å². The molecule has 0 aliphatic heterocycles. The number of carbonyl (C=O) groups is 1. The van der Waals surface area contributed by atoms with Crippen LogP contribution in [0.2, 0.25) is 0 Å². The summed E-state index contributed by atoms with van der Waals surface area (Å²) in [4.78, 5) is 11.4. The standard InChI is InChI=1S/C7H10Br2O/c8-5-3-1-2-4-6(9)7(5)10/h5-6H,1-4H2/t5-,6+. The van der Waals surface area contributed by atoms with Gasteiger partial charge in [0, 0.05) is 0 Å². The van der Waals surface area contributed by atoms with Crippen molar-refractivity contribution in [2.75, 3.05) is 0 Å². The summed E-state index contributed by atoms with van der Waals surface area (Å²) in [6.45, 7) is 0. The lowest BCUT2D eigenvalue weighted by molar-refractivity contribution is -0.117. The molecule has 0 spiro atoms. The van der Waals surface area contributed by atoms with Crippen LogP contribution in [0.1, 0.15) is 25.7 Å². The van der Waals surface area contributed by atoms with Crippen LogP contribution in [0.4, 0.5) is 0 Å². The summed E-state index contributed by atoms with van der Waals surface area (Å²) in [7, 11) is 0. The van der Waals surface area contributed by atoms with Gasteiger partial charge >= 0.3 is 0 Å². The van der Waals surface area contributed by atoms with Gasteiger partial charge in [-0.2, -0.15) is 0 Å². The number of halogens is 2. The predicted molar refractivity (Wildman–Crippen MR) is 48.9 cm³/mol. The van der Waals surface area contributed by atoms with E-state index in [0.29, 0.717) is 5.78 Å². The first-order chi connectivity index (χ1) is 4.72. The van der Waals surface area contributed by atoms with Gasteiger partial charge in [-0.15, -0.1) is 0 Å². The van der Waals surface area contributed by atoms with Crippen LogP contribution in [-0.4, -0.2) is 15.4 Å². The van der Waals surface area contributed by atoms with Crippen molar-refractivity contribution >= 4 is 37.6 Å². The van der Waals surface area contributed by atoms with E-state index in [1.807, 2.05) is 0 Å². The van der Waals surface area contributed by atoms with Crippen LogP contribution in [-0.2, 0) is 4.79 Å². The molecule has 1 rings (SSSR count). The van der Waals surface area contributed by atoms with Gasteiger partial charge < -0.3 is 0 Å². The van der Waals surface area contributed by atoms with Crippen LogP contribution in [0.15, 0.2) is 0 Å².